The lowest BCUT2D eigenvalue weighted by Crippen LogP contribution is -1.90. The molecule has 0 aromatic carbocycles. The number of rotatable bonds is 1. The van der Waals surface area contributed by atoms with Crippen molar-refractivity contribution in [2.45, 2.75) is 6.42 Å². The van der Waals surface area contributed by atoms with E-state index in [0.717, 1.165) is 0 Å². The van der Waals surface area contributed by atoms with E-state index < -0.39 is 0 Å². The lowest BCUT2D eigenvalue weighted by Gasteiger charge is -1.98. The number of nitrogens with zero attached hydrogens (tertiary/aromatic N) is 2. The SMILES string of the molecule is [CH2]Cc1c(Cl)ncnc1Cl. The second kappa shape index (κ2) is 3.17. The standard InChI is InChI=1S/C6H5Cl2N2/c1-2-4-5(7)9-3-10-6(4)8/h3H,1-2H2. The van der Waals surface area contributed by atoms with Crippen LogP contribution in [0.3, 0.4) is 0 Å². The third kappa shape index (κ3) is 1.39. The number of halogens is 2. The Morgan fingerprint density at radius 3 is 2.10 bits per heavy atom. The largest absolute Gasteiger partial charge is 0.224 e. The van der Waals surface area contributed by atoms with Gasteiger partial charge < -0.3 is 0 Å². The van der Waals surface area contributed by atoms with Gasteiger partial charge in [0.25, 0.3) is 0 Å². The third-order valence-corrected chi connectivity index (χ3v) is 1.74. The summed E-state index contributed by atoms with van der Waals surface area (Å²) < 4.78 is 0. The third-order valence-electron chi connectivity index (χ3n) is 1.09. The Bertz CT molecular complexity index is 217. The van der Waals surface area contributed by atoms with Gasteiger partial charge in [0, 0.05) is 5.56 Å². The molecule has 0 saturated carbocycles. The van der Waals surface area contributed by atoms with Gasteiger partial charge >= 0.3 is 0 Å². The quantitative estimate of drug-likeness (QED) is 0.612. The summed E-state index contributed by atoms with van der Waals surface area (Å²) in [6, 6.07) is 0. The molecular formula is C6H5Cl2N2. The van der Waals surface area contributed by atoms with Crippen LogP contribution in [0.2, 0.25) is 10.3 Å². The first kappa shape index (κ1) is 7.76. The highest BCUT2D eigenvalue weighted by molar-refractivity contribution is 6.34. The summed E-state index contributed by atoms with van der Waals surface area (Å²) >= 11 is 11.3. The molecule has 1 aromatic heterocycles. The Kier molecular flexibility index (Phi) is 2.46. The maximum absolute atomic E-state index is 5.65. The molecule has 0 aliphatic carbocycles. The van der Waals surface area contributed by atoms with Crippen LogP contribution in [0.1, 0.15) is 5.56 Å². The van der Waals surface area contributed by atoms with E-state index in [9.17, 15) is 0 Å². The molecule has 0 atom stereocenters. The normalized spacial score (nSPS) is 9.90. The predicted octanol–water partition coefficient (Wildman–Crippen LogP) is 2.16. The van der Waals surface area contributed by atoms with E-state index >= 15 is 0 Å². The van der Waals surface area contributed by atoms with Crippen molar-refractivity contribution in [3.63, 3.8) is 0 Å². The van der Waals surface area contributed by atoms with Gasteiger partial charge in [0.1, 0.15) is 16.6 Å². The highest BCUT2D eigenvalue weighted by atomic mass is 35.5. The highest BCUT2D eigenvalue weighted by Gasteiger charge is 2.03. The Labute approximate surface area is 69.2 Å². The fourth-order valence-corrected chi connectivity index (χ4v) is 1.08. The van der Waals surface area contributed by atoms with Crippen LogP contribution in [0.5, 0.6) is 0 Å². The van der Waals surface area contributed by atoms with Crippen LogP contribution in [0.4, 0.5) is 0 Å². The predicted molar refractivity (Wildman–Crippen MR) is 41.1 cm³/mol. The Balaban J connectivity index is 3.17. The second-order valence-corrected chi connectivity index (χ2v) is 2.40. The van der Waals surface area contributed by atoms with Crippen LogP contribution >= 0.6 is 23.2 Å². The zero-order chi connectivity index (χ0) is 7.56. The molecule has 10 heavy (non-hydrogen) atoms. The van der Waals surface area contributed by atoms with Crippen LogP contribution in [0.25, 0.3) is 0 Å². The molecule has 1 rings (SSSR count). The monoisotopic (exact) mass is 175 g/mol. The summed E-state index contributed by atoms with van der Waals surface area (Å²) in [7, 11) is 0. The minimum atomic E-state index is 0.384. The first-order valence-corrected chi connectivity index (χ1v) is 3.45. The zero-order valence-corrected chi connectivity index (χ0v) is 6.65. The molecule has 1 radical (unpaired) electrons. The summed E-state index contributed by atoms with van der Waals surface area (Å²) in [6.45, 7) is 3.63. The lowest BCUT2D eigenvalue weighted by atomic mass is 10.3. The van der Waals surface area contributed by atoms with Crippen molar-refractivity contribution >= 4 is 23.2 Å². The van der Waals surface area contributed by atoms with Gasteiger partial charge in [0.15, 0.2) is 0 Å². The number of aromatic nitrogens is 2. The average molecular weight is 176 g/mol. The summed E-state index contributed by atoms with van der Waals surface area (Å²) in [4.78, 5) is 7.48. The second-order valence-electron chi connectivity index (χ2n) is 1.68. The van der Waals surface area contributed by atoms with Crippen LogP contribution in [0, 0.1) is 6.92 Å². The van der Waals surface area contributed by atoms with Gasteiger partial charge in [-0.1, -0.05) is 23.2 Å². The average Bonchev–Trinajstić information content (AvgIpc) is 1.88. The number of hydrogen-bond acceptors (Lipinski definition) is 2. The highest BCUT2D eigenvalue weighted by Crippen LogP contribution is 2.19. The van der Waals surface area contributed by atoms with E-state index in [-0.39, 0.29) is 0 Å². The van der Waals surface area contributed by atoms with Gasteiger partial charge in [0.05, 0.1) is 0 Å². The minimum absolute atomic E-state index is 0.384. The molecule has 53 valence electrons. The summed E-state index contributed by atoms with van der Waals surface area (Å²) in [5.41, 5.74) is 0.700. The smallest absolute Gasteiger partial charge is 0.137 e. The molecule has 0 aliphatic rings. The molecule has 0 amide bonds. The van der Waals surface area contributed by atoms with Crippen molar-refractivity contribution in [3.8, 4) is 0 Å². The van der Waals surface area contributed by atoms with Gasteiger partial charge in [-0.3, -0.25) is 0 Å². The van der Waals surface area contributed by atoms with Crippen LogP contribution < -0.4 is 0 Å². The first-order chi connectivity index (χ1) is 4.75. The van der Waals surface area contributed by atoms with Crippen molar-refractivity contribution < 1.29 is 0 Å². The summed E-state index contributed by atoms with van der Waals surface area (Å²) in [5.74, 6) is 0. The number of hydrogen-bond donors (Lipinski definition) is 0. The van der Waals surface area contributed by atoms with E-state index in [2.05, 4.69) is 16.9 Å². The molecule has 1 aromatic rings. The molecule has 0 saturated heterocycles. The van der Waals surface area contributed by atoms with Gasteiger partial charge in [-0.25, -0.2) is 9.97 Å². The van der Waals surface area contributed by atoms with Crippen LogP contribution in [-0.2, 0) is 6.42 Å². The molecule has 0 unspecified atom stereocenters. The molecule has 0 fully saturated rings. The van der Waals surface area contributed by atoms with Gasteiger partial charge in [-0.15, -0.1) is 0 Å². The maximum atomic E-state index is 5.65. The van der Waals surface area contributed by atoms with Crippen molar-refractivity contribution in [1.29, 1.82) is 0 Å². The van der Waals surface area contributed by atoms with Crippen molar-refractivity contribution in [1.82, 2.24) is 9.97 Å². The van der Waals surface area contributed by atoms with Gasteiger partial charge in [-0.2, -0.15) is 0 Å². The Morgan fingerprint density at radius 2 is 1.80 bits per heavy atom. The van der Waals surface area contributed by atoms with E-state index in [0.29, 0.717) is 22.3 Å². The molecule has 1 heterocycles. The Morgan fingerprint density at radius 1 is 1.30 bits per heavy atom. The molecule has 4 heteroatoms. The van der Waals surface area contributed by atoms with Crippen LogP contribution in [-0.4, -0.2) is 9.97 Å². The maximum Gasteiger partial charge on any atom is 0.137 e. The fraction of sp³-hybridized carbons (Fsp3) is 0.167. The molecule has 0 bridgehead atoms. The van der Waals surface area contributed by atoms with E-state index in [1.54, 1.807) is 0 Å². The first-order valence-electron chi connectivity index (χ1n) is 2.70. The molecular weight excluding hydrogens is 171 g/mol. The molecule has 0 spiro atoms. The fourth-order valence-electron chi connectivity index (χ4n) is 0.577. The van der Waals surface area contributed by atoms with Crippen molar-refractivity contribution in [2.24, 2.45) is 0 Å². The summed E-state index contributed by atoms with van der Waals surface area (Å²) in [6.07, 6.45) is 1.84. The van der Waals surface area contributed by atoms with Crippen molar-refractivity contribution in [3.05, 3.63) is 29.1 Å². The van der Waals surface area contributed by atoms with E-state index in [1.165, 1.54) is 6.33 Å². The van der Waals surface area contributed by atoms with E-state index in [1.807, 2.05) is 0 Å². The molecule has 0 aliphatic heterocycles. The van der Waals surface area contributed by atoms with Crippen LogP contribution in [0.15, 0.2) is 6.33 Å². The minimum Gasteiger partial charge on any atom is -0.224 e. The van der Waals surface area contributed by atoms with Gasteiger partial charge in [0.2, 0.25) is 0 Å². The Hall–Kier alpha value is -0.340. The van der Waals surface area contributed by atoms with E-state index in [4.69, 9.17) is 23.2 Å². The zero-order valence-electron chi connectivity index (χ0n) is 5.14. The lowest BCUT2D eigenvalue weighted by molar-refractivity contribution is 1.09. The summed E-state index contributed by atoms with van der Waals surface area (Å²) in [5, 5.41) is 0.769. The van der Waals surface area contributed by atoms with Gasteiger partial charge in [-0.05, 0) is 13.3 Å². The van der Waals surface area contributed by atoms with Crippen molar-refractivity contribution in [2.75, 3.05) is 0 Å². The molecule has 2 nitrogen and oxygen atoms in total. The molecule has 0 N–H and O–H groups in total. The topological polar surface area (TPSA) is 25.8 Å².